The van der Waals surface area contributed by atoms with Crippen molar-refractivity contribution in [3.05, 3.63) is 17.7 Å². The van der Waals surface area contributed by atoms with Gasteiger partial charge in [0.1, 0.15) is 11.6 Å². The van der Waals surface area contributed by atoms with Crippen LogP contribution in [0.5, 0.6) is 0 Å². The summed E-state index contributed by atoms with van der Waals surface area (Å²) in [5.41, 5.74) is 7.22. The van der Waals surface area contributed by atoms with Gasteiger partial charge in [0.05, 0.1) is 12.2 Å². The molecule has 1 aromatic heterocycles. The van der Waals surface area contributed by atoms with E-state index in [2.05, 4.69) is 35.1 Å². The second-order valence-electron chi connectivity index (χ2n) is 7.02. The Labute approximate surface area is 141 Å². The zero-order valence-electron chi connectivity index (χ0n) is 15.3. The van der Waals surface area contributed by atoms with E-state index in [0.29, 0.717) is 11.9 Å². The van der Waals surface area contributed by atoms with Crippen LogP contribution in [0.4, 0.5) is 11.6 Å². The largest absolute Gasteiger partial charge is 0.384 e. The Morgan fingerprint density at radius 3 is 2.70 bits per heavy atom. The summed E-state index contributed by atoms with van der Waals surface area (Å²) in [5, 5.41) is 3.52. The zero-order valence-corrected chi connectivity index (χ0v) is 14.3. The third-order valence-corrected chi connectivity index (χ3v) is 4.60. The quantitative estimate of drug-likeness (QED) is 0.893. The lowest BCUT2D eigenvalue weighted by Gasteiger charge is -2.35. The van der Waals surface area contributed by atoms with Gasteiger partial charge < -0.3 is 15.8 Å². The fourth-order valence-corrected chi connectivity index (χ4v) is 3.73. The zero-order chi connectivity index (χ0) is 17.1. The summed E-state index contributed by atoms with van der Waals surface area (Å²) in [5.74, 6) is 1.44. The SMILES string of the molecule is [2H]C1CCC(Nc2cc(CN3C[C@@H](C)O[C@@H](C)C3)cc(N)n2)CC1. The minimum atomic E-state index is 0.109. The van der Waals surface area contributed by atoms with Crippen molar-refractivity contribution in [1.82, 2.24) is 9.88 Å². The van der Waals surface area contributed by atoms with Gasteiger partial charge in [0, 0.05) is 27.0 Å². The molecule has 3 N–H and O–H groups in total. The minimum absolute atomic E-state index is 0.109. The first kappa shape index (κ1) is 15.2. The molecule has 0 radical (unpaired) electrons. The molecule has 2 atom stereocenters. The number of morpholine rings is 1. The van der Waals surface area contributed by atoms with Crippen LogP contribution in [0, 0.1) is 0 Å². The van der Waals surface area contributed by atoms with E-state index in [0.717, 1.165) is 51.1 Å². The summed E-state index contributed by atoms with van der Waals surface area (Å²) in [7, 11) is 0. The second-order valence-corrected chi connectivity index (χ2v) is 7.02. The van der Waals surface area contributed by atoms with Gasteiger partial charge in [-0.3, -0.25) is 4.90 Å². The second kappa shape index (κ2) is 7.49. The van der Waals surface area contributed by atoms with Gasteiger partial charge in [-0.1, -0.05) is 19.2 Å². The lowest BCUT2D eigenvalue weighted by atomic mass is 9.95. The number of hydrogen-bond donors (Lipinski definition) is 2. The number of rotatable bonds is 4. The molecule has 23 heavy (non-hydrogen) atoms. The highest BCUT2D eigenvalue weighted by molar-refractivity contribution is 5.47. The molecule has 0 unspecified atom stereocenters. The summed E-state index contributed by atoms with van der Waals surface area (Å²) < 4.78 is 13.6. The molecule has 2 fully saturated rings. The molecule has 128 valence electrons. The average molecular weight is 319 g/mol. The van der Waals surface area contributed by atoms with Gasteiger partial charge in [0.2, 0.25) is 0 Å². The Bertz CT molecular complexity index is 538. The highest BCUT2D eigenvalue weighted by Crippen LogP contribution is 2.23. The first-order chi connectivity index (χ1) is 11.5. The summed E-state index contributed by atoms with van der Waals surface area (Å²) in [6.07, 6.45) is 4.66. The van der Waals surface area contributed by atoms with Crippen LogP contribution in [-0.4, -0.2) is 41.2 Å². The minimum Gasteiger partial charge on any atom is -0.384 e. The van der Waals surface area contributed by atoms with Crippen molar-refractivity contribution >= 4 is 11.6 Å². The van der Waals surface area contributed by atoms with Crippen LogP contribution < -0.4 is 11.1 Å². The number of ether oxygens (including phenoxy) is 1. The third kappa shape index (κ3) is 4.82. The Balaban J connectivity index is 1.63. The van der Waals surface area contributed by atoms with Crippen LogP contribution >= 0.6 is 0 Å². The van der Waals surface area contributed by atoms with E-state index >= 15 is 0 Å². The predicted molar refractivity (Wildman–Crippen MR) is 94.4 cm³/mol. The van der Waals surface area contributed by atoms with Gasteiger partial charge in [-0.25, -0.2) is 4.98 Å². The molecular formula is C18H30N4O. The van der Waals surface area contributed by atoms with Gasteiger partial charge >= 0.3 is 0 Å². The molecule has 2 aliphatic rings. The number of nitrogens with one attached hydrogen (secondary N) is 1. The Kier molecular flexibility index (Phi) is 4.96. The smallest absolute Gasteiger partial charge is 0.128 e. The maximum absolute atomic E-state index is 7.81. The number of nitrogens with two attached hydrogens (primary N) is 1. The number of anilines is 2. The summed E-state index contributed by atoms with van der Waals surface area (Å²) >= 11 is 0. The van der Waals surface area contributed by atoms with Crippen molar-refractivity contribution in [3.8, 4) is 0 Å². The van der Waals surface area contributed by atoms with E-state index in [-0.39, 0.29) is 18.6 Å². The highest BCUT2D eigenvalue weighted by Gasteiger charge is 2.22. The molecule has 1 saturated carbocycles. The van der Waals surface area contributed by atoms with Crippen molar-refractivity contribution in [2.24, 2.45) is 0 Å². The molecule has 1 saturated heterocycles. The molecule has 0 spiro atoms. The first-order valence-electron chi connectivity index (χ1n) is 9.38. The Morgan fingerprint density at radius 1 is 1.30 bits per heavy atom. The van der Waals surface area contributed by atoms with Crippen molar-refractivity contribution in [2.75, 3.05) is 24.1 Å². The average Bonchev–Trinajstić information content (AvgIpc) is 2.48. The molecule has 2 heterocycles. The maximum Gasteiger partial charge on any atom is 0.128 e. The number of pyridine rings is 1. The molecule has 1 aromatic rings. The third-order valence-electron chi connectivity index (χ3n) is 4.60. The summed E-state index contributed by atoms with van der Waals surface area (Å²) in [4.78, 5) is 6.87. The van der Waals surface area contributed by atoms with Crippen LogP contribution in [0.15, 0.2) is 12.1 Å². The number of nitrogen functional groups attached to an aromatic ring is 1. The van der Waals surface area contributed by atoms with Crippen LogP contribution in [0.3, 0.4) is 0 Å². The van der Waals surface area contributed by atoms with Gasteiger partial charge in [-0.2, -0.15) is 0 Å². The molecule has 1 aliphatic heterocycles. The van der Waals surface area contributed by atoms with Gasteiger partial charge in [0.15, 0.2) is 0 Å². The molecule has 0 amide bonds. The Hall–Kier alpha value is -1.33. The molecule has 1 aliphatic carbocycles. The standard InChI is InChI=1S/C18H30N4O/c1-13-10-22(11-14(2)23-13)12-15-8-17(19)21-18(9-15)20-16-6-4-3-5-7-16/h8-9,13-14,16H,3-7,10-12H2,1-2H3,(H3,19,20,21)/t13-,14+/i3D/t3?,13-,14+,16?. The van der Waals surface area contributed by atoms with Crippen molar-refractivity contribution in [2.45, 2.75) is 70.7 Å². The van der Waals surface area contributed by atoms with Crippen molar-refractivity contribution in [1.29, 1.82) is 0 Å². The number of aromatic nitrogens is 1. The van der Waals surface area contributed by atoms with Crippen molar-refractivity contribution < 1.29 is 6.11 Å². The van der Waals surface area contributed by atoms with Crippen LogP contribution in [0.2, 0.25) is 0 Å². The van der Waals surface area contributed by atoms with Crippen molar-refractivity contribution in [3.63, 3.8) is 0 Å². The van der Waals surface area contributed by atoms with E-state index in [4.69, 9.17) is 11.8 Å². The normalized spacial score (nSPS) is 33.2. The molecule has 3 rings (SSSR count). The molecular weight excluding hydrogens is 288 g/mol. The molecule has 5 heteroatoms. The van der Waals surface area contributed by atoms with Crippen LogP contribution in [0.25, 0.3) is 0 Å². The van der Waals surface area contributed by atoms with Crippen LogP contribution in [-0.2, 0) is 11.3 Å². The van der Waals surface area contributed by atoms with E-state index in [1.54, 1.807) is 0 Å². The van der Waals surface area contributed by atoms with E-state index < -0.39 is 0 Å². The monoisotopic (exact) mass is 319 g/mol. The maximum atomic E-state index is 7.81. The van der Waals surface area contributed by atoms with Crippen LogP contribution in [0.1, 0.15) is 52.9 Å². The number of nitrogens with zero attached hydrogens (tertiary/aromatic N) is 2. The van der Waals surface area contributed by atoms with Gasteiger partial charge in [-0.15, -0.1) is 0 Å². The molecule has 0 aromatic carbocycles. The van der Waals surface area contributed by atoms with Gasteiger partial charge in [0.25, 0.3) is 0 Å². The highest BCUT2D eigenvalue weighted by atomic mass is 16.5. The topological polar surface area (TPSA) is 63.4 Å². The summed E-state index contributed by atoms with van der Waals surface area (Å²) in [6, 6.07) is 4.50. The number of hydrogen-bond acceptors (Lipinski definition) is 5. The lowest BCUT2D eigenvalue weighted by Crippen LogP contribution is -2.44. The van der Waals surface area contributed by atoms with E-state index in [1.807, 2.05) is 6.07 Å². The Morgan fingerprint density at radius 2 is 2.00 bits per heavy atom. The van der Waals surface area contributed by atoms with E-state index in [9.17, 15) is 0 Å². The fraction of sp³-hybridized carbons (Fsp3) is 0.722. The van der Waals surface area contributed by atoms with E-state index in [1.165, 1.54) is 5.56 Å². The van der Waals surface area contributed by atoms with Gasteiger partial charge in [-0.05, 0) is 44.4 Å². The fourth-order valence-electron chi connectivity index (χ4n) is 3.73. The predicted octanol–water partition coefficient (Wildman–Crippen LogP) is 3.02. The lowest BCUT2D eigenvalue weighted by molar-refractivity contribution is -0.0704. The first-order valence-corrected chi connectivity index (χ1v) is 8.81. The molecule has 5 nitrogen and oxygen atoms in total. The molecule has 0 bridgehead atoms. The summed E-state index contributed by atoms with van der Waals surface area (Å²) in [6.45, 7) is 7.02.